The van der Waals surface area contributed by atoms with E-state index in [1.54, 1.807) is 6.20 Å². The van der Waals surface area contributed by atoms with Crippen LogP contribution in [0.1, 0.15) is 25.7 Å². The molecule has 0 aromatic carbocycles. The van der Waals surface area contributed by atoms with Crippen molar-refractivity contribution in [3.8, 4) is 11.5 Å². The van der Waals surface area contributed by atoms with Crippen LogP contribution in [-0.4, -0.2) is 21.7 Å². The summed E-state index contributed by atoms with van der Waals surface area (Å²) in [5.74, 6) is 1.17. The first kappa shape index (κ1) is 11.8. The van der Waals surface area contributed by atoms with Crippen LogP contribution in [0.15, 0.2) is 27.3 Å². The van der Waals surface area contributed by atoms with Gasteiger partial charge in [0.2, 0.25) is 11.7 Å². The Kier molecular flexibility index (Phi) is 2.91. The van der Waals surface area contributed by atoms with Gasteiger partial charge in [-0.05, 0) is 54.4 Å². The van der Waals surface area contributed by atoms with Crippen molar-refractivity contribution in [3.05, 3.63) is 28.7 Å². The molecule has 94 valence electrons. The molecule has 3 rings (SSSR count). The van der Waals surface area contributed by atoms with Crippen molar-refractivity contribution in [1.29, 1.82) is 0 Å². The van der Waals surface area contributed by atoms with Gasteiger partial charge in [-0.25, -0.2) is 0 Å². The van der Waals surface area contributed by atoms with Crippen LogP contribution in [0.2, 0.25) is 0 Å². The summed E-state index contributed by atoms with van der Waals surface area (Å²) in [4.78, 5) is 8.70. The number of nitrogens with zero attached hydrogens (tertiary/aromatic N) is 3. The fourth-order valence-electron chi connectivity index (χ4n) is 2.14. The van der Waals surface area contributed by atoms with E-state index in [9.17, 15) is 0 Å². The Bertz CT molecular complexity index is 545. The molecule has 1 aliphatic rings. The molecular weight excluding hydrogens is 296 g/mol. The summed E-state index contributed by atoms with van der Waals surface area (Å²) in [5, 5.41) is 7.40. The first-order chi connectivity index (χ1) is 8.67. The minimum atomic E-state index is -0.194. The molecule has 6 heteroatoms. The van der Waals surface area contributed by atoms with Gasteiger partial charge in [0.05, 0.1) is 5.54 Å². The van der Waals surface area contributed by atoms with Gasteiger partial charge in [-0.1, -0.05) is 5.16 Å². The lowest BCUT2D eigenvalue weighted by molar-refractivity contribution is 0.275. The van der Waals surface area contributed by atoms with Gasteiger partial charge < -0.3 is 9.84 Å². The quantitative estimate of drug-likeness (QED) is 0.923. The van der Waals surface area contributed by atoms with E-state index in [1.165, 1.54) is 0 Å². The van der Waals surface area contributed by atoms with Crippen LogP contribution in [-0.2, 0) is 5.54 Å². The van der Waals surface area contributed by atoms with Gasteiger partial charge in [0.25, 0.3) is 0 Å². The molecule has 0 spiro atoms. The molecule has 0 bridgehead atoms. The fraction of sp³-hybridized carbons (Fsp3) is 0.417. The van der Waals surface area contributed by atoms with Crippen molar-refractivity contribution < 1.29 is 4.52 Å². The van der Waals surface area contributed by atoms with Gasteiger partial charge in [-0.15, -0.1) is 0 Å². The van der Waals surface area contributed by atoms with E-state index in [0.29, 0.717) is 11.7 Å². The third-order valence-corrected chi connectivity index (χ3v) is 3.69. The van der Waals surface area contributed by atoms with E-state index >= 15 is 0 Å². The second-order valence-corrected chi connectivity index (χ2v) is 5.56. The van der Waals surface area contributed by atoms with E-state index in [4.69, 9.17) is 4.52 Å². The molecule has 1 unspecified atom stereocenters. The summed E-state index contributed by atoms with van der Waals surface area (Å²) >= 11 is 3.35. The maximum absolute atomic E-state index is 5.36. The van der Waals surface area contributed by atoms with Gasteiger partial charge in [-0.2, -0.15) is 4.98 Å². The molecule has 0 radical (unpaired) electrons. The zero-order valence-electron chi connectivity index (χ0n) is 9.98. The summed E-state index contributed by atoms with van der Waals surface area (Å²) in [6.07, 6.45) is 3.87. The van der Waals surface area contributed by atoms with Crippen LogP contribution in [0.4, 0.5) is 0 Å². The van der Waals surface area contributed by atoms with Crippen molar-refractivity contribution in [1.82, 2.24) is 20.4 Å². The summed E-state index contributed by atoms with van der Waals surface area (Å²) in [5.41, 5.74) is 0.524. The molecule has 2 aromatic heterocycles. The molecule has 1 N–H and O–H groups in total. The second-order valence-electron chi connectivity index (χ2n) is 4.65. The number of nitrogens with one attached hydrogen (secondary N) is 1. The van der Waals surface area contributed by atoms with Gasteiger partial charge >= 0.3 is 0 Å². The van der Waals surface area contributed by atoms with E-state index in [-0.39, 0.29) is 5.54 Å². The van der Waals surface area contributed by atoms with E-state index in [1.807, 2.05) is 12.1 Å². The third kappa shape index (κ3) is 2.06. The lowest BCUT2D eigenvalue weighted by atomic mass is 10.0. The SMILES string of the molecule is CC1(c2nc(-c3ccc(Br)cn3)no2)CCCN1. The Morgan fingerprint density at radius 3 is 3.00 bits per heavy atom. The highest BCUT2D eigenvalue weighted by Gasteiger charge is 2.35. The Balaban J connectivity index is 1.91. The van der Waals surface area contributed by atoms with Crippen LogP contribution in [0.3, 0.4) is 0 Å². The molecule has 0 saturated carbocycles. The molecule has 0 aliphatic carbocycles. The van der Waals surface area contributed by atoms with Gasteiger partial charge in [0, 0.05) is 10.7 Å². The van der Waals surface area contributed by atoms with Crippen molar-refractivity contribution in [2.75, 3.05) is 6.54 Å². The standard InChI is InChI=1S/C12H13BrN4O/c1-12(5-2-6-15-12)11-16-10(17-18-11)9-4-3-8(13)7-14-9/h3-4,7,15H,2,5-6H2,1H3. The predicted molar refractivity (Wildman–Crippen MR) is 69.8 cm³/mol. The van der Waals surface area contributed by atoms with Crippen molar-refractivity contribution in [2.24, 2.45) is 0 Å². The lowest BCUT2D eigenvalue weighted by Crippen LogP contribution is -2.33. The first-order valence-corrected chi connectivity index (χ1v) is 6.68. The van der Waals surface area contributed by atoms with E-state index in [2.05, 4.69) is 43.3 Å². The first-order valence-electron chi connectivity index (χ1n) is 5.88. The zero-order chi connectivity index (χ0) is 12.6. The number of hydrogen-bond donors (Lipinski definition) is 1. The highest BCUT2D eigenvalue weighted by molar-refractivity contribution is 9.10. The molecule has 1 saturated heterocycles. The second kappa shape index (κ2) is 4.44. The number of halogens is 1. The molecule has 1 fully saturated rings. The lowest BCUT2D eigenvalue weighted by Gasteiger charge is -2.18. The van der Waals surface area contributed by atoms with Crippen LogP contribution in [0.5, 0.6) is 0 Å². The van der Waals surface area contributed by atoms with Gasteiger partial charge in [-0.3, -0.25) is 4.98 Å². The maximum atomic E-state index is 5.36. The van der Waals surface area contributed by atoms with Gasteiger partial charge in [0.15, 0.2) is 0 Å². The van der Waals surface area contributed by atoms with E-state index < -0.39 is 0 Å². The molecule has 1 atom stereocenters. The normalized spacial score (nSPS) is 23.4. The van der Waals surface area contributed by atoms with Crippen molar-refractivity contribution >= 4 is 15.9 Å². The Hall–Kier alpha value is -1.27. The molecular formula is C12H13BrN4O. The van der Waals surface area contributed by atoms with Crippen molar-refractivity contribution in [3.63, 3.8) is 0 Å². The average Bonchev–Trinajstić information content (AvgIpc) is 2.99. The van der Waals surface area contributed by atoms with E-state index in [0.717, 1.165) is 29.6 Å². The van der Waals surface area contributed by atoms with Crippen LogP contribution >= 0.6 is 15.9 Å². The average molecular weight is 309 g/mol. The highest BCUT2D eigenvalue weighted by Crippen LogP contribution is 2.30. The number of hydrogen-bond acceptors (Lipinski definition) is 5. The fourth-order valence-corrected chi connectivity index (χ4v) is 2.37. The monoisotopic (exact) mass is 308 g/mol. The largest absolute Gasteiger partial charge is 0.337 e. The molecule has 0 amide bonds. The summed E-state index contributed by atoms with van der Waals surface area (Å²) in [6.45, 7) is 3.08. The number of rotatable bonds is 2. The highest BCUT2D eigenvalue weighted by atomic mass is 79.9. The molecule has 3 heterocycles. The molecule has 5 nitrogen and oxygen atoms in total. The Morgan fingerprint density at radius 1 is 1.44 bits per heavy atom. The van der Waals surface area contributed by atoms with Crippen LogP contribution in [0.25, 0.3) is 11.5 Å². The summed E-state index contributed by atoms with van der Waals surface area (Å²) in [7, 11) is 0. The predicted octanol–water partition coefficient (Wildman–Crippen LogP) is 2.49. The number of aromatic nitrogens is 3. The topological polar surface area (TPSA) is 63.8 Å². The summed E-state index contributed by atoms with van der Waals surface area (Å²) in [6, 6.07) is 3.77. The van der Waals surface area contributed by atoms with Crippen molar-refractivity contribution in [2.45, 2.75) is 25.3 Å². The third-order valence-electron chi connectivity index (χ3n) is 3.22. The number of pyridine rings is 1. The minimum Gasteiger partial charge on any atom is -0.337 e. The summed E-state index contributed by atoms with van der Waals surface area (Å²) < 4.78 is 6.29. The van der Waals surface area contributed by atoms with Gasteiger partial charge in [0.1, 0.15) is 5.69 Å². The Morgan fingerprint density at radius 2 is 2.33 bits per heavy atom. The molecule has 18 heavy (non-hydrogen) atoms. The molecule has 1 aliphatic heterocycles. The zero-order valence-corrected chi connectivity index (χ0v) is 11.6. The minimum absolute atomic E-state index is 0.194. The molecule has 2 aromatic rings. The Labute approximate surface area is 113 Å². The van der Waals surface area contributed by atoms with Crippen LogP contribution in [0, 0.1) is 0 Å². The smallest absolute Gasteiger partial charge is 0.247 e. The van der Waals surface area contributed by atoms with Crippen LogP contribution < -0.4 is 5.32 Å². The maximum Gasteiger partial charge on any atom is 0.247 e.